The largest absolute Gasteiger partial charge is 0.345 e. The first-order valence-corrected chi connectivity index (χ1v) is 5.56. The molecule has 5 N–H and O–H groups in total. The standard InChI is InChI=1S/C8H13N5OS/c9-12-8(14)13(10)5-1-2-6-7(3-5)15-4-11-6/h4-5H,1-3,9-10H2,(H,12,14)/t5-/m1/s1. The quantitative estimate of drug-likeness (QED) is 0.350. The van der Waals surface area contributed by atoms with Crippen LogP contribution in [0.4, 0.5) is 4.79 Å². The number of thiazole rings is 1. The van der Waals surface area contributed by atoms with Crippen LogP contribution < -0.4 is 17.1 Å². The van der Waals surface area contributed by atoms with Crippen LogP contribution in [0.3, 0.4) is 0 Å². The van der Waals surface area contributed by atoms with Gasteiger partial charge in [0.1, 0.15) is 0 Å². The summed E-state index contributed by atoms with van der Waals surface area (Å²) in [7, 11) is 0. The summed E-state index contributed by atoms with van der Waals surface area (Å²) in [4.78, 5) is 16.7. The molecule has 0 spiro atoms. The van der Waals surface area contributed by atoms with Crippen LogP contribution in [0.1, 0.15) is 17.0 Å². The summed E-state index contributed by atoms with van der Waals surface area (Å²) in [6.07, 6.45) is 2.47. The minimum Gasteiger partial charge on any atom is -0.275 e. The Hall–Kier alpha value is -1.18. The summed E-state index contributed by atoms with van der Waals surface area (Å²) in [5.41, 5.74) is 5.00. The Labute approximate surface area is 91.2 Å². The van der Waals surface area contributed by atoms with Gasteiger partial charge in [0, 0.05) is 11.3 Å². The third-order valence-corrected chi connectivity index (χ3v) is 3.51. The number of hydrazine groups is 2. The summed E-state index contributed by atoms with van der Waals surface area (Å²) in [5.74, 6) is 10.7. The zero-order valence-corrected chi connectivity index (χ0v) is 8.96. The first-order valence-electron chi connectivity index (χ1n) is 4.68. The Balaban J connectivity index is 2.06. The van der Waals surface area contributed by atoms with Crippen molar-refractivity contribution in [2.45, 2.75) is 25.3 Å². The number of carbonyl (C=O) groups is 1. The topological polar surface area (TPSA) is 97.3 Å². The number of hydrogen-bond donors (Lipinski definition) is 3. The summed E-state index contributed by atoms with van der Waals surface area (Å²) in [6, 6.07) is -0.436. The predicted octanol–water partition coefficient (Wildman–Crippen LogP) is -0.241. The third kappa shape index (κ3) is 1.94. The minimum absolute atomic E-state index is 0.0153. The predicted molar refractivity (Wildman–Crippen MR) is 56.7 cm³/mol. The van der Waals surface area contributed by atoms with E-state index in [1.165, 1.54) is 9.89 Å². The molecule has 2 amide bonds. The maximum absolute atomic E-state index is 11.2. The highest BCUT2D eigenvalue weighted by molar-refractivity contribution is 7.09. The van der Waals surface area contributed by atoms with Crippen molar-refractivity contribution in [3.63, 3.8) is 0 Å². The van der Waals surface area contributed by atoms with Gasteiger partial charge in [0.2, 0.25) is 0 Å². The molecule has 1 heterocycles. The van der Waals surface area contributed by atoms with E-state index in [0.717, 1.165) is 25.0 Å². The van der Waals surface area contributed by atoms with E-state index in [2.05, 4.69) is 4.98 Å². The second kappa shape index (κ2) is 4.13. The molecular formula is C8H13N5OS. The van der Waals surface area contributed by atoms with Gasteiger partial charge in [-0.2, -0.15) is 0 Å². The van der Waals surface area contributed by atoms with Gasteiger partial charge in [-0.1, -0.05) is 0 Å². The molecule has 1 aliphatic carbocycles. The molecule has 1 aliphatic rings. The zero-order valence-electron chi connectivity index (χ0n) is 8.14. The Kier molecular flexibility index (Phi) is 2.85. The summed E-state index contributed by atoms with van der Waals surface area (Å²) >= 11 is 1.61. The molecule has 0 unspecified atom stereocenters. The van der Waals surface area contributed by atoms with Crippen molar-refractivity contribution in [3.05, 3.63) is 16.1 Å². The van der Waals surface area contributed by atoms with E-state index in [9.17, 15) is 4.79 Å². The van der Waals surface area contributed by atoms with Gasteiger partial charge in [-0.3, -0.25) is 10.4 Å². The number of rotatable bonds is 1. The molecule has 82 valence electrons. The molecule has 1 aromatic rings. The molecule has 0 aliphatic heterocycles. The molecule has 1 atom stereocenters. The lowest BCUT2D eigenvalue weighted by Crippen LogP contribution is -2.53. The Morgan fingerprint density at radius 2 is 2.53 bits per heavy atom. The highest BCUT2D eigenvalue weighted by atomic mass is 32.1. The van der Waals surface area contributed by atoms with Crippen LogP contribution in [0.15, 0.2) is 5.51 Å². The van der Waals surface area contributed by atoms with Crippen LogP contribution in [-0.4, -0.2) is 22.1 Å². The van der Waals surface area contributed by atoms with E-state index in [1.54, 1.807) is 11.3 Å². The van der Waals surface area contributed by atoms with E-state index >= 15 is 0 Å². The second-order valence-electron chi connectivity index (χ2n) is 3.48. The molecule has 0 saturated heterocycles. The highest BCUT2D eigenvalue weighted by Gasteiger charge is 2.26. The van der Waals surface area contributed by atoms with Gasteiger partial charge in [-0.25, -0.2) is 21.5 Å². The zero-order chi connectivity index (χ0) is 10.8. The first kappa shape index (κ1) is 10.3. The number of carbonyl (C=O) groups excluding carboxylic acids is 1. The summed E-state index contributed by atoms with van der Waals surface area (Å²) < 4.78 is 0. The highest BCUT2D eigenvalue weighted by Crippen LogP contribution is 2.25. The van der Waals surface area contributed by atoms with Crippen molar-refractivity contribution in [2.75, 3.05) is 0 Å². The maximum atomic E-state index is 11.2. The Morgan fingerprint density at radius 1 is 1.73 bits per heavy atom. The number of nitrogens with two attached hydrogens (primary N) is 2. The number of nitrogens with one attached hydrogen (secondary N) is 1. The van der Waals surface area contributed by atoms with Gasteiger partial charge in [0.15, 0.2) is 0 Å². The van der Waals surface area contributed by atoms with Crippen LogP contribution in [0.2, 0.25) is 0 Å². The van der Waals surface area contributed by atoms with Gasteiger partial charge in [-0.05, 0) is 12.8 Å². The molecule has 0 bridgehead atoms. The number of hydrogen-bond acceptors (Lipinski definition) is 5. The second-order valence-corrected chi connectivity index (χ2v) is 4.41. The number of amides is 2. The number of aryl methyl sites for hydroxylation is 1. The molecule has 1 aromatic heterocycles. The number of urea groups is 1. The fourth-order valence-electron chi connectivity index (χ4n) is 1.76. The molecule has 0 aromatic carbocycles. The van der Waals surface area contributed by atoms with Crippen molar-refractivity contribution in [1.82, 2.24) is 15.4 Å². The first-order chi connectivity index (χ1) is 7.22. The third-order valence-electron chi connectivity index (χ3n) is 2.61. The monoisotopic (exact) mass is 227 g/mol. The van der Waals surface area contributed by atoms with E-state index in [1.807, 2.05) is 10.9 Å². The van der Waals surface area contributed by atoms with Crippen LogP contribution in [0, 0.1) is 0 Å². The molecule has 0 fully saturated rings. The SMILES string of the molecule is NNC(=O)N(N)[C@@H]1CCc2ncsc2C1. The van der Waals surface area contributed by atoms with Crippen LogP contribution in [0.5, 0.6) is 0 Å². The van der Waals surface area contributed by atoms with Crippen LogP contribution in [0.25, 0.3) is 0 Å². The lowest BCUT2D eigenvalue weighted by molar-refractivity contribution is 0.169. The van der Waals surface area contributed by atoms with E-state index in [4.69, 9.17) is 11.7 Å². The molecule has 0 radical (unpaired) electrons. The van der Waals surface area contributed by atoms with E-state index < -0.39 is 6.03 Å². The number of fused-ring (bicyclic) bond motifs is 1. The van der Waals surface area contributed by atoms with Gasteiger partial charge in [0.25, 0.3) is 0 Å². The van der Waals surface area contributed by atoms with Crippen molar-refractivity contribution >= 4 is 17.4 Å². The Morgan fingerprint density at radius 3 is 3.27 bits per heavy atom. The average Bonchev–Trinajstić information content (AvgIpc) is 2.73. The molecule has 2 rings (SSSR count). The Bertz CT molecular complexity index is 366. The average molecular weight is 227 g/mol. The minimum atomic E-state index is -0.451. The van der Waals surface area contributed by atoms with Crippen molar-refractivity contribution in [3.8, 4) is 0 Å². The van der Waals surface area contributed by atoms with Gasteiger partial charge >= 0.3 is 6.03 Å². The maximum Gasteiger partial charge on any atom is 0.345 e. The molecule has 0 saturated carbocycles. The van der Waals surface area contributed by atoms with Crippen LogP contribution >= 0.6 is 11.3 Å². The molecular weight excluding hydrogens is 214 g/mol. The lowest BCUT2D eigenvalue weighted by atomic mass is 9.97. The fraction of sp³-hybridized carbons (Fsp3) is 0.500. The van der Waals surface area contributed by atoms with Gasteiger partial charge in [-0.15, -0.1) is 11.3 Å². The fourth-order valence-corrected chi connectivity index (χ4v) is 2.65. The van der Waals surface area contributed by atoms with Crippen molar-refractivity contribution < 1.29 is 4.79 Å². The summed E-state index contributed by atoms with van der Waals surface area (Å²) in [5, 5.41) is 1.17. The number of aromatic nitrogens is 1. The molecule has 15 heavy (non-hydrogen) atoms. The van der Waals surface area contributed by atoms with Crippen molar-refractivity contribution in [1.29, 1.82) is 0 Å². The molecule has 7 heteroatoms. The van der Waals surface area contributed by atoms with Gasteiger partial charge in [0.05, 0.1) is 17.2 Å². The van der Waals surface area contributed by atoms with Gasteiger partial charge < -0.3 is 0 Å². The number of nitrogens with zero attached hydrogens (tertiary/aromatic N) is 2. The van der Waals surface area contributed by atoms with Crippen molar-refractivity contribution in [2.24, 2.45) is 11.7 Å². The molecule has 6 nitrogen and oxygen atoms in total. The smallest absolute Gasteiger partial charge is 0.275 e. The summed E-state index contributed by atoms with van der Waals surface area (Å²) in [6.45, 7) is 0. The lowest BCUT2D eigenvalue weighted by Gasteiger charge is -2.29. The van der Waals surface area contributed by atoms with E-state index in [0.29, 0.717) is 0 Å². The normalized spacial score (nSPS) is 19.5. The van der Waals surface area contributed by atoms with E-state index in [-0.39, 0.29) is 6.04 Å². The van der Waals surface area contributed by atoms with Crippen LogP contribution in [-0.2, 0) is 12.8 Å².